The molecule has 0 bridgehead atoms. The summed E-state index contributed by atoms with van der Waals surface area (Å²) in [6.07, 6.45) is -1.95. The normalized spacial score (nSPS) is 12.3. The largest absolute Gasteiger partial charge is 0.405 e. The van der Waals surface area contributed by atoms with Crippen LogP contribution < -0.4 is 5.32 Å². The molecule has 1 aromatic heterocycles. The molecule has 1 heterocycles. The quantitative estimate of drug-likeness (QED) is 0.647. The van der Waals surface area contributed by atoms with Gasteiger partial charge < -0.3 is 10.4 Å². The Labute approximate surface area is 166 Å². The minimum Gasteiger partial charge on any atom is -0.390 e. The van der Waals surface area contributed by atoms with Crippen LogP contribution in [0.1, 0.15) is 30.6 Å². The van der Waals surface area contributed by atoms with E-state index in [0.717, 1.165) is 22.0 Å². The van der Waals surface area contributed by atoms with Gasteiger partial charge in [0.1, 0.15) is 6.54 Å². The highest BCUT2D eigenvalue weighted by Gasteiger charge is 2.27. The van der Waals surface area contributed by atoms with Gasteiger partial charge in [-0.3, -0.25) is 9.48 Å². The number of halogens is 3. The van der Waals surface area contributed by atoms with Crippen molar-refractivity contribution in [2.75, 3.05) is 6.54 Å². The summed E-state index contributed by atoms with van der Waals surface area (Å²) in [6, 6.07) is 12.1. The second kappa shape index (κ2) is 7.87. The van der Waals surface area contributed by atoms with Crippen LogP contribution in [-0.4, -0.2) is 39.1 Å². The van der Waals surface area contributed by atoms with Crippen LogP contribution in [0, 0.1) is 0 Å². The van der Waals surface area contributed by atoms with E-state index in [4.69, 9.17) is 0 Å². The Bertz CT molecular complexity index is 1000. The highest BCUT2D eigenvalue weighted by Crippen LogP contribution is 2.24. The van der Waals surface area contributed by atoms with Crippen molar-refractivity contribution in [3.63, 3.8) is 0 Å². The molecule has 0 fully saturated rings. The molecule has 0 aliphatic rings. The molecule has 1 amide bonds. The summed E-state index contributed by atoms with van der Waals surface area (Å²) >= 11 is 0. The smallest absolute Gasteiger partial charge is 0.390 e. The van der Waals surface area contributed by atoms with E-state index in [1.54, 1.807) is 30.7 Å². The van der Waals surface area contributed by atoms with Gasteiger partial charge >= 0.3 is 6.18 Å². The molecule has 3 aromatic rings. The fourth-order valence-electron chi connectivity index (χ4n) is 2.85. The van der Waals surface area contributed by atoms with Crippen LogP contribution in [0.4, 0.5) is 13.2 Å². The van der Waals surface area contributed by atoms with Crippen molar-refractivity contribution in [1.29, 1.82) is 0 Å². The van der Waals surface area contributed by atoms with Crippen LogP contribution in [0.3, 0.4) is 0 Å². The Morgan fingerprint density at radius 2 is 1.76 bits per heavy atom. The van der Waals surface area contributed by atoms with Crippen molar-refractivity contribution >= 4 is 16.8 Å². The average Bonchev–Trinajstić information content (AvgIpc) is 3.05. The predicted molar refractivity (Wildman–Crippen MR) is 104 cm³/mol. The van der Waals surface area contributed by atoms with Gasteiger partial charge in [-0.1, -0.05) is 24.3 Å². The lowest BCUT2D eigenvalue weighted by molar-refractivity contribution is -0.123. The first-order valence-corrected chi connectivity index (χ1v) is 9.15. The Balaban J connectivity index is 1.73. The number of fused-ring (bicyclic) bond motifs is 1. The zero-order chi connectivity index (χ0) is 21.2. The molecule has 0 aliphatic carbocycles. The monoisotopic (exact) mass is 405 g/mol. The van der Waals surface area contributed by atoms with E-state index in [9.17, 15) is 23.1 Å². The van der Waals surface area contributed by atoms with Crippen LogP contribution in [0.5, 0.6) is 0 Å². The van der Waals surface area contributed by atoms with Crippen molar-refractivity contribution in [2.24, 2.45) is 0 Å². The molecule has 0 spiro atoms. The third-order valence-corrected chi connectivity index (χ3v) is 4.44. The van der Waals surface area contributed by atoms with Crippen molar-refractivity contribution in [3.05, 3.63) is 54.2 Å². The third-order valence-electron chi connectivity index (χ3n) is 4.44. The lowest BCUT2D eigenvalue weighted by atomic mass is 10.0. The lowest BCUT2D eigenvalue weighted by Gasteiger charge is -2.16. The van der Waals surface area contributed by atoms with Crippen molar-refractivity contribution in [1.82, 2.24) is 15.1 Å². The fraction of sp³-hybridized carbons (Fsp3) is 0.333. The van der Waals surface area contributed by atoms with Crippen LogP contribution in [-0.2, 0) is 6.54 Å². The van der Waals surface area contributed by atoms with Crippen LogP contribution in [0.2, 0.25) is 0 Å². The van der Waals surface area contributed by atoms with E-state index in [-0.39, 0.29) is 5.56 Å². The number of hydrogen-bond donors (Lipinski definition) is 2. The lowest BCUT2D eigenvalue weighted by Crippen LogP contribution is -2.33. The summed E-state index contributed by atoms with van der Waals surface area (Å²) < 4.78 is 38.4. The summed E-state index contributed by atoms with van der Waals surface area (Å²) in [7, 11) is 0. The van der Waals surface area contributed by atoms with E-state index in [2.05, 4.69) is 5.10 Å². The van der Waals surface area contributed by atoms with E-state index >= 15 is 0 Å². The number of rotatable bonds is 6. The molecule has 8 heteroatoms. The van der Waals surface area contributed by atoms with Gasteiger partial charge in [-0.25, -0.2) is 0 Å². The predicted octanol–water partition coefficient (Wildman–Crippen LogP) is 4.16. The Kier molecular flexibility index (Phi) is 5.66. The van der Waals surface area contributed by atoms with E-state index in [0.29, 0.717) is 13.0 Å². The minimum atomic E-state index is -4.44. The number of aryl methyl sites for hydroxylation is 1. The molecular formula is C21H22F3N3O2. The number of alkyl halides is 3. The molecule has 0 aliphatic heterocycles. The first kappa shape index (κ1) is 20.9. The minimum absolute atomic E-state index is 0.162. The molecule has 29 heavy (non-hydrogen) atoms. The molecule has 0 saturated carbocycles. The van der Waals surface area contributed by atoms with Crippen molar-refractivity contribution in [3.8, 4) is 11.1 Å². The molecule has 0 atom stereocenters. The molecule has 2 N–H and O–H groups in total. The zero-order valence-corrected chi connectivity index (χ0v) is 16.1. The summed E-state index contributed by atoms with van der Waals surface area (Å²) in [5.41, 5.74) is 1.90. The second-order valence-electron chi connectivity index (χ2n) is 7.60. The zero-order valence-electron chi connectivity index (χ0n) is 16.1. The van der Waals surface area contributed by atoms with E-state index in [1.165, 1.54) is 12.1 Å². The maximum Gasteiger partial charge on any atom is 0.405 e. The molecule has 0 saturated heterocycles. The van der Waals surface area contributed by atoms with Crippen LogP contribution >= 0.6 is 0 Å². The summed E-state index contributed by atoms with van der Waals surface area (Å²) in [5, 5.41) is 17.2. The molecule has 0 unspecified atom stereocenters. The summed E-state index contributed by atoms with van der Waals surface area (Å²) in [4.78, 5) is 11.8. The summed E-state index contributed by atoms with van der Waals surface area (Å²) in [5.74, 6) is -0.769. The maximum absolute atomic E-state index is 12.2. The number of benzene rings is 2. The Hall–Kier alpha value is -2.87. The Morgan fingerprint density at radius 3 is 2.38 bits per heavy atom. The summed E-state index contributed by atoms with van der Waals surface area (Å²) in [6.45, 7) is 2.73. The van der Waals surface area contributed by atoms with Gasteiger partial charge in [0.25, 0.3) is 5.91 Å². The molecule has 0 radical (unpaired) electrons. The van der Waals surface area contributed by atoms with Gasteiger partial charge in [0.05, 0.1) is 11.1 Å². The highest BCUT2D eigenvalue weighted by molar-refractivity contribution is 5.95. The maximum atomic E-state index is 12.2. The standard InChI is InChI=1S/C21H22F3N3O2/c1-20(2,29)9-10-27-12-17-8-7-16(11-18(17)26-27)14-3-5-15(6-4-14)19(28)25-13-21(22,23)24/h3-8,11-12,29H,9-10,13H2,1-2H3,(H,25,28). The molecular weight excluding hydrogens is 383 g/mol. The van der Waals surface area contributed by atoms with Gasteiger partial charge in [0, 0.05) is 23.7 Å². The average molecular weight is 405 g/mol. The third kappa shape index (κ3) is 5.80. The molecule has 3 rings (SSSR count). The number of carbonyl (C=O) groups is 1. The SMILES string of the molecule is CC(C)(O)CCn1cc2ccc(-c3ccc(C(=O)NCC(F)(F)F)cc3)cc2n1. The topological polar surface area (TPSA) is 67.2 Å². The highest BCUT2D eigenvalue weighted by atomic mass is 19.4. The van der Waals surface area contributed by atoms with Gasteiger partial charge in [-0.2, -0.15) is 18.3 Å². The molecule has 5 nitrogen and oxygen atoms in total. The number of aliphatic hydroxyl groups is 1. The van der Waals surface area contributed by atoms with Gasteiger partial charge in [0.15, 0.2) is 0 Å². The van der Waals surface area contributed by atoms with E-state index < -0.39 is 24.2 Å². The van der Waals surface area contributed by atoms with Gasteiger partial charge in [-0.05, 0) is 49.6 Å². The second-order valence-corrected chi connectivity index (χ2v) is 7.60. The van der Waals surface area contributed by atoms with E-state index in [1.807, 2.05) is 29.7 Å². The first-order chi connectivity index (χ1) is 13.5. The molecule has 154 valence electrons. The van der Waals surface area contributed by atoms with Gasteiger partial charge in [-0.15, -0.1) is 0 Å². The van der Waals surface area contributed by atoms with Gasteiger partial charge in [0.2, 0.25) is 0 Å². The number of nitrogens with one attached hydrogen (secondary N) is 1. The fourth-order valence-corrected chi connectivity index (χ4v) is 2.85. The number of hydrogen-bond acceptors (Lipinski definition) is 3. The number of aromatic nitrogens is 2. The first-order valence-electron chi connectivity index (χ1n) is 9.15. The number of amides is 1. The number of carbonyl (C=O) groups excluding carboxylic acids is 1. The van der Waals surface area contributed by atoms with Crippen molar-refractivity contribution in [2.45, 2.75) is 38.6 Å². The van der Waals surface area contributed by atoms with Crippen LogP contribution in [0.25, 0.3) is 22.0 Å². The molecule has 2 aromatic carbocycles. The Morgan fingerprint density at radius 1 is 1.10 bits per heavy atom. The van der Waals surface area contributed by atoms with Crippen LogP contribution in [0.15, 0.2) is 48.7 Å². The number of nitrogens with zero attached hydrogens (tertiary/aromatic N) is 2. The van der Waals surface area contributed by atoms with Crippen molar-refractivity contribution < 1.29 is 23.1 Å².